The van der Waals surface area contributed by atoms with Crippen molar-refractivity contribution in [1.82, 2.24) is 20.1 Å². The summed E-state index contributed by atoms with van der Waals surface area (Å²) in [5, 5.41) is 11.5. The Morgan fingerprint density at radius 3 is 2.72 bits per heavy atom. The third-order valence-corrected chi connectivity index (χ3v) is 4.51. The minimum Gasteiger partial charge on any atom is -0.302 e. The Morgan fingerprint density at radius 1 is 1.50 bits per heavy atom. The molecule has 2 heterocycles. The SMILES string of the molecule is Cc1nn(C)c(Cl)c1CNC(C)(C)c1nccs1. The molecule has 6 heteroatoms. The number of hydrogen-bond acceptors (Lipinski definition) is 4. The van der Waals surface area contributed by atoms with Crippen molar-refractivity contribution >= 4 is 22.9 Å². The molecule has 0 amide bonds. The Kier molecular flexibility index (Phi) is 3.75. The van der Waals surface area contributed by atoms with Crippen LogP contribution in [0.25, 0.3) is 0 Å². The third kappa shape index (κ3) is 2.58. The van der Waals surface area contributed by atoms with Crippen LogP contribution < -0.4 is 5.32 Å². The van der Waals surface area contributed by atoms with E-state index in [1.54, 1.807) is 16.0 Å². The van der Waals surface area contributed by atoms with Gasteiger partial charge < -0.3 is 5.32 Å². The maximum Gasteiger partial charge on any atom is 0.131 e. The predicted molar refractivity (Wildman–Crippen MR) is 74.9 cm³/mol. The van der Waals surface area contributed by atoms with Crippen molar-refractivity contribution in [3.63, 3.8) is 0 Å². The molecule has 0 unspecified atom stereocenters. The molecule has 0 aromatic carbocycles. The highest BCUT2D eigenvalue weighted by atomic mass is 35.5. The van der Waals surface area contributed by atoms with Crippen LogP contribution in [-0.4, -0.2) is 14.8 Å². The average molecular weight is 285 g/mol. The molecular weight excluding hydrogens is 268 g/mol. The molecule has 0 saturated heterocycles. The van der Waals surface area contributed by atoms with Crippen LogP contribution in [0.4, 0.5) is 0 Å². The van der Waals surface area contributed by atoms with Crippen LogP contribution in [0.2, 0.25) is 5.15 Å². The first-order valence-corrected chi connectivity index (χ1v) is 7.00. The summed E-state index contributed by atoms with van der Waals surface area (Å²) in [4.78, 5) is 4.35. The molecule has 0 fully saturated rings. The largest absolute Gasteiger partial charge is 0.302 e. The number of aromatic nitrogens is 3. The summed E-state index contributed by atoms with van der Waals surface area (Å²) in [6.45, 7) is 6.89. The zero-order chi connectivity index (χ0) is 13.3. The Morgan fingerprint density at radius 2 is 2.22 bits per heavy atom. The highest BCUT2D eigenvalue weighted by Gasteiger charge is 2.23. The van der Waals surface area contributed by atoms with Gasteiger partial charge >= 0.3 is 0 Å². The zero-order valence-electron chi connectivity index (χ0n) is 11.0. The number of nitrogens with one attached hydrogen (secondary N) is 1. The molecule has 2 aromatic heterocycles. The van der Waals surface area contributed by atoms with Gasteiger partial charge in [0.15, 0.2) is 0 Å². The van der Waals surface area contributed by atoms with E-state index in [-0.39, 0.29) is 5.54 Å². The lowest BCUT2D eigenvalue weighted by Crippen LogP contribution is -2.36. The number of nitrogens with zero attached hydrogens (tertiary/aromatic N) is 3. The summed E-state index contributed by atoms with van der Waals surface area (Å²) in [5.41, 5.74) is 1.84. The predicted octanol–water partition coefficient (Wildman–Crippen LogP) is 2.86. The molecular formula is C12H17ClN4S. The van der Waals surface area contributed by atoms with Crippen LogP contribution in [0.1, 0.15) is 30.1 Å². The number of rotatable bonds is 4. The number of halogens is 1. The lowest BCUT2D eigenvalue weighted by atomic mass is 10.1. The van der Waals surface area contributed by atoms with Crippen molar-refractivity contribution < 1.29 is 0 Å². The molecule has 0 aliphatic rings. The quantitative estimate of drug-likeness (QED) is 0.939. The summed E-state index contributed by atoms with van der Waals surface area (Å²) >= 11 is 7.87. The molecule has 18 heavy (non-hydrogen) atoms. The Labute approximate surface area is 116 Å². The molecule has 1 N–H and O–H groups in total. The van der Waals surface area contributed by atoms with E-state index >= 15 is 0 Å². The fourth-order valence-electron chi connectivity index (χ4n) is 1.79. The van der Waals surface area contributed by atoms with Crippen molar-refractivity contribution in [3.8, 4) is 0 Å². The molecule has 4 nitrogen and oxygen atoms in total. The van der Waals surface area contributed by atoms with Crippen LogP contribution >= 0.6 is 22.9 Å². The Bertz CT molecular complexity index is 531. The molecule has 0 aliphatic carbocycles. The standard InChI is InChI=1S/C12H17ClN4S/c1-8-9(10(13)17(4)16-8)7-15-12(2,3)11-14-5-6-18-11/h5-6,15H,7H2,1-4H3. The van der Waals surface area contributed by atoms with E-state index < -0.39 is 0 Å². The van der Waals surface area contributed by atoms with Crippen molar-refractivity contribution in [2.45, 2.75) is 32.9 Å². The van der Waals surface area contributed by atoms with Crippen LogP contribution in [0.5, 0.6) is 0 Å². The van der Waals surface area contributed by atoms with Gasteiger partial charge in [-0.05, 0) is 20.8 Å². The van der Waals surface area contributed by atoms with Gasteiger partial charge in [0.05, 0.1) is 11.2 Å². The van der Waals surface area contributed by atoms with Gasteiger partial charge in [-0.15, -0.1) is 11.3 Å². The summed E-state index contributed by atoms with van der Waals surface area (Å²) < 4.78 is 1.70. The molecule has 0 spiro atoms. The molecule has 98 valence electrons. The van der Waals surface area contributed by atoms with Crippen LogP contribution in [-0.2, 0) is 19.1 Å². The second-order valence-corrected chi connectivity index (χ2v) is 6.05. The number of hydrogen-bond donors (Lipinski definition) is 1. The molecule has 2 aromatic rings. The smallest absolute Gasteiger partial charge is 0.131 e. The molecule has 0 bridgehead atoms. The van der Waals surface area contributed by atoms with Crippen molar-refractivity contribution in [1.29, 1.82) is 0 Å². The zero-order valence-corrected chi connectivity index (χ0v) is 12.6. The first-order chi connectivity index (χ1) is 8.42. The molecule has 0 radical (unpaired) electrons. The minimum atomic E-state index is -0.167. The first-order valence-electron chi connectivity index (χ1n) is 5.75. The maximum absolute atomic E-state index is 6.22. The summed E-state index contributed by atoms with van der Waals surface area (Å²) in [5.74, 6) is 0. The van der Waals surface area contributed by atoms with Gasteiger partial charge in [-0.2, -0.15) is 5.10 Å². The van der Waals surface area contributed by atoms with E-state index in [0.29, 0.717) is 11.7 Å². The number of thiazole rings is 1. The van der Waals surface area contributed by atoms with Crippen LogP contribution in [0.15, 0.2) is 11.6 Å². The van der Waals surface area contributed by atoms with Crippen molar-refractivity contribution in [2.75, 3.05) is 0 Å². The fourth-order valence-corrected chi connectivity index (χ4v) is 2.77. The van der Waals surface area contributed by atoms with Gasteiger partial charge in [-0.1, -0.05) is 11.6 Å². The van der Waals surface area contributed by atoms with Crippen LogP contribution in [0.3, 0.4) is 0 Å². The minimum absolute atomic E-state index is 0.167. The summed E-state index contributed by atoms with van der Waals surface area (Å²) in [7, 11) is 1.85. The van der Waals surface area contributed by atoms with E-state index in [4.69, 9.17) is 11.6 Å². The third-order valence-electron chi connectivity index (χ3n) is 2.94. The molecule has 0 aliphatic heterocycles. The summed E-state index contributed by atoms with van der Waals surface area (Å²) in [6.07, 6.45) is 1.83. The van der Waals surface area contributed by atoms with Gasteiger partial charge in [-0.3, -0.25) is 4.68 Å². The second kappa shape index (κ2) is 4.99. The van der Waals surface area contributed by atoms with E-state index in [0.717, 1.165) is 16.3 Å². The van der Waals surface area contributed by atoms with Crippen LogP contribution in [0, 0.1) is 6.92 Å². The monoisotopic (exact) mass is 284 g/mol. The lowest BCUT2D eigenvalue weighted by Gasteiger charge is -2.23. The molecule has 0 atom stereocenters. The Balaban J connectivity index is 2.12. The topological polar surface area (TPSA) is 42.7 Å². The van der Waals surface area contributed by atoms with Gasteiger partial charge in [0.25, 0.3) is 0 Å². The average Bonchev–Trinajstić information content (AvgIpc) is 2.88. The van der Waals surface area contributed by atoms with E-state index in [9.17, 15) is 0 Å². The van der Waals surface area contributed by atoms with Crippen molar-refractivity contribution in [3.05, 3.63) is 33.0 Å². The van der Waals surface area contributed by atoms with E-state index in [1.807, 2.05) is 25.5 Å². The van der Waals surface area contributed by atoms with Gasteiger partial charge in [-0.25, -0.2) is 4.98 Å². The Hall–Kier alpha value is -0.910. The molecule has 0 saturated carbocycles. The van der Waals surface area contributed by atoms with Gasteiger partial charge in [0.2, 0.25) is 0 Å². The fraction of sp³-hybridized carbons (Fsp3) is 0.500. The highest BCUT2D eigenvalue weighted by Crippen LogP contribution is 2.24. The van der Waals surface area contributed by atoms with Gasteiger partial charge in [0.1, 0.15) is 10.2 Å². The lowest BCUT2D eigenvalue weighted by molar-refractivity contribution is 0.399. The van der Waals surface area contributed by atoms with Crippen molar-refractivity contribution in [2.24, 2.45) is 7.05 Å². The second-order valence-electron chi connectivity index (χ2n) is 4.79. The van der Waals surface area contributed by atoms with E-state index in [2.05, 4.69) is 29.2 Å². The molecule has 2 rings (SSSR count). The normalized spacial score (nSPS) is 12.1. The highest BCUT2D eigenvalue weighted by molar-refractivity contribution is 7.09. The van der Waals surface area contributed by atoms with E-state index in [1.165, 1.54) is 0 Å². The maximum atomic E-state index is 6.22. The van der Waals surface area contributed by atoms with Gasteiger partial charge in [0, 0.05) is 30.7 Å². The summed E-state index contributed by atoms with van der Waals surface area (Å²) in [6, 6.07) is 0. The first kappa shape index (κ1) is 13.5. The number of aryl methyl sites for hydroxylation is 2.